The number of rotatable bonds is 13. The van der Waals surface area contributed by atoms with Crippen molar-refractivity contribution in [2.24, 2.45) is 0 Å². The molecule has 0 aliphatic heterocycles. The van der Waals surface area contributed by atoms with Crippen molar-refractivity contribution in [1.29, 1.82) is 0 Å². The summed E-state index contributed by atoms with van der Waals surface area (Å²) in [6, 6.07) is 34.4. The van der Waals surface area contributed by atoms with Gasteiger partial charge in [-0.1, -0.05) is 106 Å². The zero-order valence-corrected chi connectivity index (χ0v) is 30.9. The fourth-order valence-electron chi connectivity index (χ4n) is 5.19. The van der Waals surface area contributed by atoms with Crippen molar-refractivity contribution in [2.75, 3.05) is 0 Å². The van der Waals surface area contributed by atoms with Crippen molar-refractivity contribution < 1.29 is 59.4 Å². The van der Waals surface area contributed by atoms with E-state index < -0.39 is 35.8 Å². The SMILES string of the molecule is CCCCc1ccc(C(=O)O)c(C(=O)O)c1CCCC.O=C(O)c1cccc(C(=O)O)c1.O=C(O)c1cccc(C(=O)O)c1.c1ccc(-c2ccccc2)cc1. The van der Waals surface area contributed by atoms with Crippen LogP contribution >= 0.6 is 0 Å². The van der Waals surface area contributed by atoms with E-state index in [4.69, 9.17) is 25.5 Å². The second kappa shape index (κ2) is 23.6. The molecule has 0 amide bonds. The number of aryl methyl sites for hydroxylation is 1. The molecule has 5 rings (SSSR count). The normalized spacial score (nSPS) is 9.82. The Kier molecular flexibility index (Phi) is 19.0. The van der Waals surface area contributed by atoms with Crippen LogP contribution in [0.3, 0.4) is 0 Å². The lowest BCUT2D eigenvalue weighted by molar-refractivity contribution is 0.0650. The van der Waals surface area contributed by atoms with E-state index in [0.29, 0.717) is 12.0 Å². The molecule has 6 N–H and O–H groups in total. The Morgan fingerprint density at radius 2 is 0.786 bits per heavy atom. The van der Waals surface area contributed by atoms with Crippen LogP contribution < -0.4 is 0 Å². The van der Waals surface area contributed by atoms with Crippen molar-refractivity contribution in [1.82, 2.24) is 0 Å². The van der Waals surface area contributed by atoms with Crippen LogP contribution in [0.15, 0.2) is 121 Å². The van der Waals surface area contributed by atoms with Crippen LogP contribution in [-0.2, 0) is 12.8 Å². The van der Waals surface area contributed by atoms with E-state index in [2.05, 4.69) is 55.5 Å². The molecule has 0 saturated heterocycles. The number of hydrogen-bond acceptors (Lipinski definition) is 6. The summed E-state index contributed by atoms with van der Waals surface area (Å²) < 4.78 is 0. The van der Waals surface area contributed by atoms with E-state index in [1.807, 2.05) is 19.1 Å². The van der Waals surface area contributed by atoms with Crippen molar-refractivity contribution in [3.8, 4) is 11.1 Å². The van der Waals surface area contributed by atoms with E-state index in [9.17, 15) is 33.9 Å². The van der Waals surface area contributed by atoms with Crippen LogP contribution in [0, 0.1) is 0 Å². The molecule has 0 aliphatic rings. The summed E-state index contributed by atoms with van der Waals surface area (Å²) in [4.78, 5) is 64.2. The van der Waals surface area contributed by atoms with Crippen molar-refractivity contribution >= 4 is 35.8 Å². The summed E-state index contributed by atoms with van der Waals surface area (Å²) in [6.45, 7) is 4.11. The first-order valence-electron chi connectivity index (χ1n) is 17.6. The standard InChI is InChI=1S/C16H22O4.C12H10.2C8H6O4/c1-3-5-7-11-9-10-13(15(17)18)14(16(19)20)12(11)8-6-4-2;1-3-7-11(8-4-1)12-9-5-2-6-10-12;2*9-7(10)5-2-1-3-6(4-5)8(11)12/h9-10H,3-8H2,1-2H3,(H,17,18)(H,19,20);1-10H;2*1-4H,(H,9,10)(H,11,12). The van der Waals surface area contributed by atoms with Gasteiger partial charge in [0.15, 0.2) is 0 Å². The Morgan fingerprint density at radius 3 is 1.11 bits per heavy atom. The molecule has 292 valence electrons. The maximum Gasteiger partial charge on any atom is 0.336 e. The lowest BCUT2D eigenvalue weighted by atomic mass is 9.90. The average Bonchev–Trinajstić information content (AvgIpc) is 3.20. The molecule has 0 aliphatic carbocycles. The largest absolute Gasteiger partial charge is 0.478 e. The van der Waals surface area contributed by atoms with Crippen LogP contribution in [-0.4, -0.2) is 66.5 Å². The number of carboxylic acids is 6. The molecule has 0 saturated carbocycles. The molecule has 5 aromatic rings. The summed E-state index contributed by atoms with van der Waals surface area (Å²) in [5, 5.41) is 52.5. The highest BCUT2D eigenvalue weighted by atomic mass is 16.4. The van der Waals surface area contributed by atoms with Gasteiger partial charge in [-0.25, -0.2) is 28.8 Å². The summed E-state index contributed by atoms with van der Waals surface area (Å²) >= 11 is 0. The maximum absolute atomic E-state index is 11.5. The molecule has 56 heavy (non-hydrogen) atoms. The minimum Gasteiger partial charge on any atom is -0.478 e. The van der Waals surface area contributed by atoms with Crippen LogP contribution in [0.1, 0.15) is 113 Å². The van der Waals surface area contributed by atoms with Gasteiger partial charge >= 0.3 is 35.8 Å². The zero-order valence-electron chi connectivity index (χ0n) is 30.9. The monoisotopic (exact) mass is 764 g/mol. The van der Waals surface area contributed by atoms with E-state index in [1.54, 1.807) is 6.07 Å². The Hall–Kier alpha value is -7.08. The highest BCUT2D eigenvalue weighted by molar-refractivity contribution is 6.03. The molecule has 12 heteroatoms. The van der Waals surface area contributed by atoms with Gasteiger partial charge in [0.2, 0.25) is 0 Å². The average molecular weight is 765 g/mol. The number of unbranched alkanes of at least 4 members (excludes halogenated alkanes) is 2. The summed E-state index contributed by atoms with van der Waals surface area (Å²) in [5.74, 6) is -6.83. The van der Waals surface area contributed by atoms with Gasteiger partial charge in [0.25, 0.3) is 0 Å². The van der Waals surface area contributed by atoms with Gasteiger partial charge in [0, 0.05) is 0 Å². The summed E-state index contributed by atoms with van der Waals surface area (Å²) in [5.41, 5.74) is 4.02. The smallest absolute Gasteiger partial charge is 0.336 e. The zero-order chi connectivity index (χ0) is 41.6. The van der Waals surface area contributed by atoms with Crippen LogP contribution in [0.5, 0.6) is 0 Å². The minimum absolute atomic E-state index is 0.0186. The number of benzene rings is 5. The number of carboxylic acid groups (broad SMARTS) is 6. The number of aromatic carboxylic acids is 6. The van der Waals surface area contributed by atoms with Gasteiger partial charge in [0.05, 0.1) is 33.4 Å². The Bertz CT molecular complexity index is 1930. The van der Waals surface area contributed by atoms with Crippen molar-refractivity contribution in [2.45, 2.75) is 52.4 Å². The van der Waals surface area contributed by atoms with Crippen molar-refractivity contribution in [3.05, 3.63) is 166 Å². The predicted molar refractivity (Wildman–Crippen MR) is 210 cm³/mol. The minimum atomic E-state index is -1.18. The van der Waals surface area contributed by atoms with Gasteiger partial charge in [-0.2, -0.15) is 0 Å². The van der Waals surface area contributed by atoms with Gasteiger partial charge in [-0.15, -0.1) is 0 Å². The molecular weight excluding hydrogens is 720 g/mol. The van der Waals surface area contributed by atoms with E-state index in [0.717, 1.165) is 49.8 Å². The summed E-state index contributed by atoms with van der Waals surface area (Å²) in [6.07, 6.45) is 5.24. The Morgan fingerprint density at radius 1 is 0.411 bits per heavy atom. The predicted octanol–water partition coefficient (Wildman–Crippen LogP) is 9.29. The molecule has 0 radical (unpaired) electrons. The highest BCUT2D eigenvalue weighted by Gasteiger charge is 2.22. The Labute approximate surface area is 324 Å². The first-order valence-corrected chi connectivity index (χ1v) is 17.6. The second-order valence-corrected chi connectivity index (χ2v) is 12.1. The van der Waals surface area contributed by atoms with Gasteiger partial charge in [-0.3, -0.25) is 0 Å². The van der Waals surface area contributed by atoms with Gasteiger partial charge in [0.1, 0.15) is 0 Å². The third-order valence-corrected chi connectivity index (χ3v) is 8.03. The molecular formula is C44H44O12. The highest BCUT2D eigenvalue weighted by Crippen LogP contribution is 2.24. The summed E-state index contributed by atoms with van der Waals surface area (Å²) in [7, 11) is 0. The third kappa shape index (κ3) is 14.7. The van der Waals surface area contributed by atoms with Crippen LogP contribution in [0.2, 0.25) is 0 Å². The lowest BCUT2D eigenvalue weighted by Gasteiger charge is -2.14. The Balaban J connectivity index is 0.000000265. The van der Waals surface area contributed by atoms with Gasteiger partial charge < -0.3 is 30.6 Å². The maximum atomic E-state index is 11.5. The molecule has 0 atom stereocenters. The molecule has 0 spiro atoms. The third-order valence-electron chi connectivity index (χ3n) is 8.03. The molecule has 0 bridgehead atoms. The first-order chi connectivity index (χ1) is 26.7. The fourth-order valence-corrected chi connectivity index (χ4v) is 5.19. The number of hydrogen-bond donors (Lipinski definition) is 6. The van der Waals surface area contributed by atoms with E-state index >= 15 is 0 Å². The topological polar surface area (TPSA) is 224 Å². The molecule has 0 unspecified atom stereocenters. The molecule has 0 fully saturated rings. The molecule has 0 aromatic heterocycles. The quantitative estimate of drug-likeness (QED) is 0.0660. The molecule has 0 heterocycles. The molecule has 5 aromatic carbocycles. The van der Waals surface area contributed by atoms with Crippen molar-refractivity contribution in [3.63, 3.8) is 0 Å². The van der Waals surface area contributed by atoms with Crippen LogP contribution in [0.4, 0.5) is 0 Å². The fraction of sp³-hybridized carbons (Fsp3) is 0.182. The van der Waals surface area contributed by atoms with Gasteiger partial charge in [-0.05, 0) is 90.4 Å². The number of carbonyl (C=O) groups is 6. The van der Waals surface area contributed by atoms with E-state index in [1.165, 1.54) is 53.6 Å². The first kappa shape index (κ1) is 45.1. The molecule has 12 nitrogen and oxygen atoms in total. The lowest BCUT2D eigenvalue weighted by Crippen LogP contribution is -2.14. The van der Waals surface area contributed by atoms with Crippen LogP contribution in [0.25, 0.3) is 11.1 Å². The second-order valence-electron chi connectivity index (χ2n) is 12.1. The van der Waals surface area contributed by atoms with E-state index in [-0.39, 0.29) is 33.4 Å².